The van der Waals surface area contributed by atoms with Gasteiger partial charge in [-0.3, -0.25) is 4.79 Å². The Morgan fingerprint density at radius 3 is 2.77 bits per heavy atom. The average molecular weight is 413 g/mol. The summed E-state index contributed by atoms with van der Waals surface area (Å²) in [5.74, 6) is 1.40. The summed E-state index contributed by atoms with van der Waals surface area (Å²) in [4.78, 5) is 12.2. The molecule has 1 N–H and O–H groups in total. The molecule has 0 radical (unpaired) electrons. The summed E-state index contributed by atoms with van der Waals surface area (Å²) in [5.41, 5.74) is 5.00. The first kappa shape index (κ1) is 17.9. The van der Waals surface area contributed by atoms with Gasteiger partial charge in [0, 0.05) is 10.0 Å². The molecule has 132 valence electrons. The Labute approximate surface area is 159 Å². The van der Waals surface area contributed by atoms with Crippen LogP contribution in [0.2, 0.25) is 0 Å². The summed E-state index contributed by atoms with van der Waals surface area (Å²) in [5, 5.41) is 3.95. The number of hydrazone groups is 1. The highest BCUT2D eigenvalue weighted by atomic mass is 79.9. The average Bonchev–Trinajstić information content (AvgIpc) is 3.12. The first-order valence-electron chi connectivity index (χ1n) is 7.91. The molecule has 1 amide bonds. The largest absolute Gasteiger partial charge is 0.496 e. The summed E-state index contributed by atoms with van der Waals surface area (Å²) in [6.45, 7) is 2.03. The predicted molar refractivity (Wildman–Crippen MR) is 105 cm³/mol. The maximum Gasteiger partial charge on any atom is 0.275 e. The normalized spacial score (nSPS) is 10.9. The lowest BCUT2D eigenvalue weighted by Gasteiger charge is -2.05. The molecule has 6 heteroatoms. The Bertz CT molecular complexity index is 963. The number of amides is 1. The number of methoxy groups -OCH3 is 1. The van der Waals surface area contributed by atoms with Crippen LogP contribution in [-0.2, 0) is 0 Å². The fourth-order valence-electron chi connectivity index (χ4n) is 2.37. The molecule has 0 fully saturated rings. The van der Waals surface area contributed by atoms with Gasteiger partial charge in [-0.05, 0) is 42.8 Å². The van der Waals surface area contributed by atoms with E-state index in [1.165, 1.54) is 13.3 Å². The third-order valence-electron chi connectivity index (χ3n) is 3.79. The first-order valence-corrected chi connectivity index (χ1v) is 8.70. The van der Waals surface area contributed by atoms with Crippen LogP contribution >= 0.6 is 15.9 Å². The number of rotatable bonds is 5. The topological polar surface area (TPSA) is 63.8 Å². The van der Waals surface area contributed by atoms with Gasteiger partial charge < -0.3 is 9.15 Å². The maximum absolute atomic E-state index is 12.2. The molecule has 0 bridgehead atoms. The Morgan fingerprint density at radius 2 is 2.00 bits per heavy atom. The van der Waals surface area contributed by atoms with Crippen molar-refractivity contribution in [3.8, 4) is 17.1 Å². The van der Waals surface area contributed by atoms with E-state index in [9.17, 15) is 4.79 Å². The van der Waals surface area contributed by atoms with Gasteiger partial charge in [-0.2, -0.15) is 5.10 Å². The number of carbonyl (C=O) groups excluding carboxylic acids is 1. The second kappa shape index (κ2) is 8.01. The van der Waals surface area contributed by atoms with Crippen LogP contribution in [0.5, 0.6) is 5.75 Å². The van der Waals surface area contributed by atoms with Gasteiger partial charge in [0.25, 0.3) is 5.91 Å². The summed E-state index contributed by atoms with van der Waals surface area (Å²) < 4.78 is 11.9. The number of aryl methyl sites for hydroxylation is 1. The standard InChI is InChI=1S/C20H17BrN2O3/c1-13-7-8-14(11-17(13)21)18-10-9-15(26-18)12-22-23-20(24)16-5-3-4-6-19(16)25-2/h3-12H,1-2H3,(H,23,24)/b22-12-. The highest BCUT2D eigenvalue weighted by Crippen LogP contribution is 2.26. The summed E-state index contributed by atoms with van der Waals surface area (Å²) >= 11 is 3.52. The maximum atomic E-state index is 12.2. The molecular weight excluding hydrogens is 396 g/mol. The smallest absolute Gasteiger partial charge is 0.275 e. The number of halogens is 1. The fourth-order valence-corrected chi connectivity index (χ4v) is 2.75. The Morgan fingerprint density at radius 1 is 1.19 bits per heavy atom. The molecule has 0 aliphatic carbocycles. The van der Waals surface area contributed by atoms with Gasteiger partial charge in [0.15, 0.2) is 0 Å². The number of hydrogen-bond donors (Lipinski definition) is 1. The van der Waals surface area contributed by atoms with Crippen LogP contribution in [0.25, 0.3) is 11.3 Å². The van der Waals surface area contributed by atoms with Crippen LogP contribution in [0.4, 0.5) is 0 Å². The highest BCUT2D eigenvalue weighted by Gasteiger charge is 2.10. The van der Waals surface area contributed by atoms with Crippen molar-refractivity contribution in [2.24, 2.45) is 5.10 Å². The lowest BCUT2D eigenvalue weighted by molar-refractivity contribution is 0.0952. The van der Waals surface area contributed by atoms with Gasteiger partial charge in [0.2, 0.25) is 0 Å². The zero-order chi connectivity index (χ0) is 18.5. The molecular formula is C20H17BrN2O3. The molecule has 0 aliphatic rings. The van der Waals surface area contributed by atoms with E-state index < -0.39 is 0 Å². The van der Waals surface area contributed by atoms with E-state index in [2.05, 4.69) is 26.5 Å². The van der Waals surface area contributed by atoms with E-state index in [1.54, 1.807) is 30.3 Å². The second-order valence-electron chi connectivity index (χ2n) is 5.57. The monoisotopic (exact) mass is 412 g/mol. The Hall–Kier alpha value is -2.86. The number of nitrogens with zero attached hydrogens (tertiary/aromatic N) is 1. The van der Waals surface area contributed by atoms with Crippen LogP contribution < -0.4 is 10.2 Å². The van der Waals surface area contributed by atoms with Crippen molar-refractivity contribution in [2.75, 3.05) is 7.11 Å². The minimum absolute atomic E-state index is 0.354. The molecule has 3 rings (SSSR count). The molecule has 2 aromatic carbocycles. The van der Waals surface area contributed by atoms with E-state index in [0.29, 0.717) is 17.1 Å². The SMILES string of the molecule is COc1ccccc1C(=O)N/N=C\c1ccc(-c2ccc(C)c(Br)c2)o1. The highest BCUT2D eigenvalue weighted by molar-refractivity contribution is 9.10. The van der Waals surface area contributed by atoms with E-state index in [4.69, 9.17) is 9.15 Å². The summed E-state index contributed by atoms with van der Waals surface area (Å²) in [6.07, 6.45) is 1.46. The van der Waals surface area contributed by atoms with E-state index in [1.807, 2.05) is 31.2 Å². The quantitative estimate of drug-likeness (QED) is 0.483. The molecule has 0 saturated carbocycles. The molecule has 3 aromatic rings. The van der Waals surface area contributed by atoms with Gasteiger partial charge in [0.05, 0.1) is 18.9 Å². The van der Waals surface area contributed by atoms with Crippen molar-refractivity contribution in [1.29, 1.82) is 0 Å². The molecule has 1 aromatic heterocycles. The van der Waals surface area contributed by atoms with Crippen LogP contribution in [0.3, 0.4) is 0 Å². The third kappa shape index (κ3) is 4.03. The van der Waals surface area contributed by atoms with Crippen molar-refractivity contribution in [2.45, 2.75) is 6.92 Å². The number of para-hydroxylation sites is 1. The van der Waals surface area contributed by atoms with Crippen LogP contribution in [0.1, 0.15) is 21.7 Å². The Balaban J connectivity index is 1.69. The fraction of sp³-hybridized carbons (Fsp3) is 0.100. The number of ether oxygens (including phenoxy) is 1. The van der Waals surface area contributed by atoms with Gasteiger partial charge >= 0.3 is 0 Å². The van der Waals surface area contributed by atoms with Crippen LogP contribution in [-0.4, -0.2) is 19.2 Å². The molecule has 26 heavy (non-hydrogen) atoms. The van der Waals surface area contributed by atoms with Gasteiger partial charge in [0.1, 0.15) is 17.3 Å². The van der Waals surface area contributed by atoms with Gasteiger partial charge in [-0.25, -0.2) is 5.43 Å². The molecule has 1 heterocycles. The van der Waals surface area contributed by atoms with Crippen molar-refractivity contribution >= 4 is 28.1 Å². The lowest BCUT2D eigenvalue weighted by atomic mass is 10.1. The zero-order valence-electron chi connectivity index (χ0n) is 14.3. The molecule has 0 spiro atoms. The number of hydrogen-bond acceptors (Lipinski definition) is 4. The van der Waals surface area contributed by atoms with Crippen LogP contribution in [0.15, 0.2) is 68.6 Å². The van der Waals surface area contributed by atoms with Crippen molar-refractivity contribution < 1.29 is 13.9 Å². The van der Waals surface area contributed by atoms with E-state index in [0.717, 1.165) is 21.4 Å². The molecule has 0 unspecified atom stereocenters. The second-order valence-corrected chi connectivity index (χ2v) is 6.42. The first-order chi connectivity index (χ1) is 12.6. The third-order valence-corrected chi connectivity index (χ3v) is 4.65. The number of furan rings is 1. The van der Waals surface area contributed by atoms with E-state index in [-0.39, 0.29) is 5.91 Å². The van der Waals surface area contributed by atoms with Gasteiger partial charge in [-0.1, -0.05) is 40.2 Å². The molecule has 5 nitrogen and oxygen atoms in total. The van der Waals surface area contributed by atoms with Crippen molar-refractivity contribution in [3.63, 3.8) is 0 Å². The molecule has 0 aliphatic heterocycles. The lowest BCUT2D eigenvalue weighted by Crippen LogP contribution is -2.18. The number of carbonyl (C=O) groups is 1. The minimum atomic E-state index is -0.354. The zero-order valence-corrected chi connectivity index (χ0v) is 15.9. The number of benzene rings is 2. The summed E-state index contributed by atoms with van der Waals surface area (Å²) in [7, 11) is 1.52. The number of nitrogens with one attached hydrogen (secondary N) is 1. The van der Waals surface area contributed by atoms with Crippen LogP contribution in [0, 0.1) is 6.92 Å². The predicted octanol–water partition coefficient (Wildman–Crippen LogP) is 4.79. The van der Waals surface area contributed by atoms with Crippen molar-refractivity contribution in [1.82, 2.24) is 5.43 Å². The molecule has 0 atom stereocenters. The van der Waals surface area contributed by atoms with Gasteiger partial charge in [-0.15, -0.1) is 0 Å². The van der Waals surface area contributed by atoms with E-state index >= 15 is 0 Å². The molecule has 0 saturated heterocycles. The Kier molecular flexibility index (Phi) is 5.53. The van der Waals surface area contributed by atoms with Crippen molar-refractivity contribution in [3.05, 3.63) is 76.0 Å². The minimum Gasteiger partial charge on any atom is -0.496 e. The summed E-state index contributed by atoms with van der Waals surface area (Å²) in [6, 6.07) is 16.6.